The zero-order valence-electron chi connectivity index (χ0n) is 13.4. The number of carbonyl (C=O) groups is 1. The zero-order valence-corrected chi connectivity index (χ0v) is 13.4. The van der Waals surface area contributed by atoms with Crippen LogP contribution in [0.2, 0.25) is 0 Å². The summed E-state index contributed by atoms with van der Waals surface area (Å²) in [5.41, 5.74) is 0.843. The fourth-order valence-corrected chi connectivity index (χ4v) is 2.81. The number of ether oxygens (including phenoxy) is 1. The van der Waals surface area contributed by atoms with Crippen molar-refractivity contribution in [2.45, 2.75) is 31.8 Å². The molecule has 1 fully saturated rings. The Bertz CT molecular complexity index is 539. The van der Waals surface area contributed by atoms with Crippen LogP contribution in [0.3, 0.4) is 0 Å². The Kier molecular flexibility index (Phi) is 6.06. The molecule has 5 nitrogen and oxygen atoms in total. The molecule has 8 heteroatoms. The van der Waals surface area contributed by atoms with Crippen LogP contribution in [-0.4, -0.2) is 65.5 Å². The molecular weight excluding hydrogens is 325 g/mol. The predicted molar refractivity (Wildman–Crippen MR) is 81.3 cm³/mol. The minimum atomic E-state index is -4.50. The van der Waals surface area contributed by atoms with Gasteiger partial charge in [-0.3, -0.25) is 4.90 Å². The molecule has 0 bridgehead atoms. The van der Waals surface area contributed by atoms with Gasteiger partial charge in [0.2, 0.25) is 0 Å². The molecule has 24 heavy (non-hydrogen) atoms. The van der Waals surface area contributed by atoms with Gasteiger partial charge in [-0.1, -0.05) is 30.3 Å². The first-order valence-corrected chi connectivity index (χ1v) is 7.72. The lowest BCUT2D eigenvalue weighted by atomic mass is 10.1. The van der Waals surface area contributed by atoms with Gasteiger partial charge in [0.25, 0.3) is 0 Å². The van der Waals surface area contributed by atoms with Crippen molar-refractivity contribution in [2.24, 2.45) is 0 Å². The Morgan fingerprint density at radius 3 is 2.54 bits per heavy atom. The van der Waals surface area contributed by atoms with E-state index in [4.69, 9.17) is 9.84 Å². The lowest BCUT2D eigenvalue weighted by molar-refractivity contribution is -0.202. The van der Waals surface area contributed by atoms with Crippen LogP contribution in [-0.2, 0) is 11.3 Å². The quantitative estimate of drug-likeness (QED) is 0.909. The van der Waals surface area contributed by atoms with Crippen LogP contribution in [0.1, 0.15) is 12.5 Å². The summed E-state index contributed by atoms with van der Waals surface area (Å²) < 4.78 is 44.0. The minimum absolute atomic E-state index is 0.0341. The van der Waals surface area contributed by atoms with E-state index in [9.17, 15) is 18.0 Å². The van der Waals surface area contributed by atoms with Gasteiger partial charge in [-0.05, 0) is 12.5 Å². The van der Waals surface area contributed by atoms with Gasteiger partial charge in [0.1, 0.15) is 12.6 Å². The molecule has 1 aromatic carbocycles. The Morgan fingerprint density at radius 1 is 1.33 bits per heavy atom. The second kappa shape index (κ2) is 7.85. The van der Waals surface area contributed by atoms with E-state index in [2.05, 4.69) is 0 Å². The maximum atomic E-state index is 12.9. The van der Waals surface area contributed by atoms with E-state index in [0.717, 1.165) is 5.56 Å². The lowest BCUT2D eigenvalue weighted by Crippen LogP contribution is -2.61. The highest BCUT2D eigenvalue weighted by Crippen LogP contribution is 2.27. The van der Waals surface area contributed by atoms with Crippen molar-refractivity contribution in [3.05, 3.63) is 35.9 Å². The summed E-state index contributed by atoms with van der Waals surface area (Å²) in [7, 11) is 0. The topological polar surface area (TPSA) is 53.0 Å². The summed E-state index contributed by atoms with van der Waals surface area (Å²) in [6.07, 6.45) is -5.04. The molecule has 1 amide bonds. The van der Waals surface area contributed by atoms with Crippen LogP contribution in [0.5, 0.6) is 0 Å². The molecule has 134 valence electrons. The number of halogens is 3. The second-order valence-electron chi connectivity index (χ2n) is 5.81. The highest BCUT2D eigenvalue weighted by molar-refractivity contribution is 5.67. The van der Waals surface area contributed by atoms with E-state index in [0.29, 0.717) is 0 Å². The Balaban J connectivity index is 1.89. The number of hydrogen-bond donors (Lipinski definition) is 1. The number of aliphatic hydroxyl groups is 1. The lowest BCUT2D eigenvalue weighted by Gasteiger charge is -2.43. The summed E-state index contributed by atoms with van der Waals surface area (Å²) in [5.74, 6) is 0. The van der Waals surface area contributed by atoms with E-state index < -0.39 is 31.0 Å². The van der Waals surface area contributed by atoms with Crippen molar-refractivity contribution in [3.8, 4) is 0 Å². The number of piperazine rings is 1. The van der Waals surface area contributed by atoms with Gasteiger partial charge >= 0.3 is 12.3 Å². The molecule has 0 radical (unpaired) electrons. The average molecular weight is 346 g/mol. The van der Waals surface area contributed by atoms with Gasteiger partial charge < -0.3 is 14.7 Å². The molecule has 1 aliphatic rings. The first kappa shape index (κ1) is 18.5. The summed E-state index contributed by atoms with van der Waals surface area (Å²) >= 11 is 0. The Labute approximate surface area is 138 Å². The van der Waals surface area contributed by atoms with Crippen LogP contribution in [0.4, 0.5) is 18.0 Å². The van der Waals surface area contributed by atoms with Gasteiger partial charge in [-0.15, -0.1) is 0 Å². The third-order valence-corrected chi connectivity index (χ3v) is 4.09. The molecule has 1 aromatic rings. The largest absolute Gasteiger partial charge is 0.445 e. The van der Waals surface area contributed by atoms with Crippen LogP contribution in [0.15, 0.2) is 30.3 Å². The molecular formula is C16H21F3N2O3. The number of carbonyl (C=O) groups excluding carboxylic acids is 1. The number of hydrogen-bond acceptors (Lipinski definition) is 4. The molecule has 1 saturated heterocycles. The van der Waals surface area contributed by atoms with E-state index in [1.807, 2.05) is 30.3 Å². The van der Waals surface area contributed by atoms with Crippen LogP contribution < -0.4 is 0 Å². The normalized spacial score (nSPS) is 20.7. The Morgan fingerprint density at radius 2 is 2.00 bits per heavy atom. The van der Waals surface area contributed by atoms with Crippen molar-refractivity contribution in [2.75, 3.05) is 26.2 Å². The summed E-state index contributed by atoms with van der Waals surface area (Å²) in [6.45, 7) is 1.02. The van der Waals surface area contributed by atoms with E-state index in [1.165, 1.54) is 9.80 Å². The van der Waals surface area contributed by atoms with Gasteiger partial charge in [0.05, 0.1) is 6.61 Å². The second-order valence-corrected chi connectivity index (χ2v) is 5.81. The van der Waals surface area contributed by atoms with Crippen molar-refractivity contribution in [1.29, 1.82) is 0 Å². The number of amides is 1. The van der Waals surface area contributed by atoms with Gasteiger partial charge in [0, 0.05) is 25.7 Å². The molecule has 2 atom stereocenters. The monoisotopic (exact) mass is 346 g/mol. The van der Waals surface area contributed by atoms with Crippen molar-refractivity contribution in [3.63, 3.8) is 0 Å². The first-order valence-electron chi connectivity index (χ1n) is 7.72. The first-order chi connectivity index (χ1) is 11.3. The maximum absolute atomic E-state index is 12.9. The van der Waals surface area contributed by atoms with Gasteiger partial charge in [0.15, 0.2) is 0 Å². The summed E-state index contributed by atoms with van der Waals surface area (Å²) in [4.78, 5) is 14.7. The predicted octanol–water partition coefficient (Wildman–Crippen LogP) is 2.25. The smallest absolute Gasteiger partial charge is 0.410 e. The SMILES string of the molecule is C[C@@H]1CN(C(=O)OCc2ccccc2)CCN1C(CO)C(F)(F)F. The molecule has 0 aliphatic carbocycles. The third-order valence-electron chi connectivity index (χ3n) is 4.09. The van der Waals surface area contributed by atoms with Crippen molar-refractivity contribution >= 4 is 6.09 Å². The molecule has 0 spiro atoms. The molecule has 2 rings (SSSR count). The Hall–Kier alpha value is -1.80. The summed E-state index contributed by atoms with van der Waals surface area (Å²) in [6, 6.07) is 6.72. The molecule has 0 aromatic heterocycles. The average Bonchev–Trinajstić information content (AvgIpc) is 2.54. The van der Waals surface area contributed by atoms with Crippen LogP contribution in [0.25, 0.3) is 0 Å². The van der Waals surface area contributed by atoms with Crippen LogP contribution in [0, 0.1) is 0 Å². The fraction of sp³-hybridized carbons (Fsp3) is 0.562. The molecule has 1 heterocycles. The highest BCUT2D eigenvalue weighted by atomic mass is 19.4. The fourth-order valence-electron chi connectivity index (χ4n) is 2.81. The molecule has 1 N–H and O–H groups in total. The maximum Gasteiger partial charge on any atom is 0.410 e. The van der Waals surface area contributed by atoms with Gasteiger partial charge in [-0.2, -0.15) is 13.2 Å². The highest BCUT2D eigenvalue weighted by Gasteiger charge is 2.46. The minimum Gasteiger partial charge on any atom is -0.445 e. The van der Waals surface area contributed by atoms with Gasteiger partial charge in [-0.25, -0.2) is 4.79 Å². The van der Waals surface area contributed by atoms with Crippen LogP contribution >= 0.6 is 0 Å². The molecule has 1 unspecified atom stereocenters. The van der Waals surface area contributed by atoms with Crippen molar-refractivity contribution in [1.82, 2.24) is 9.80 Å². The van der Waals surface area contributed by atoms with Crippen molar-refractivity contribution < 1.29 is 27.8 Å². The molecule has 1 aliphatic heterocycles. The number of alkyl halides is 3. The zero-order chi connectivity index (χ0) is 17.7. The molecule has 0 saturated carbocycles. The number of benzene rings is 1. The number of nitrogens with zero attached hydrogens (tertiary/aromatic N) is 2. The van der Waals surface area contributed by atoms with E-state index >= 15 is 0 Å². The van der Waals surface area contributed by atoms with E-state index in [-0.39, 0.29) is 26.2 Å². The standard InChI is InChI=1S/C16H21F3N2O3/c1-12-9-20(7-8-21(12)14(10-22)16(17,18)19)15(23)24-11-13-5-3-2-4-6-13/h2-6,12,14,22H,7-11H2,1H3/t12-,14?/m1/s1. The number of aliphatic hydroxyl groups excluding tert-OH is 1. The van der Waals surface area contributed by atoms with E-state index in [1.54, 1.807) is 6.92 Å². The number of rotatable bonds is 4. The summed E-state index contributed by atoms with van der Waals surface area (Å²) in [5, 5.41) is 9.05. The third kappa shape index (κ3) is 4.61.